The van der Waals surface area contributed by atoms with Crippen molar-refractivity contribution in [1.82, 2.24) is 5.32 Å². The molecule has 152 valence electrons. The third-order valence-electron chi connectivity index (χ3n) is 3.78. The minimum absolute atomic E-state index is 0.0178. The summed E-state index contributed by atoms with van der Waals surface area (Å²) in [6, 6.07) is 9.74. The Hall–Kier alpha value is -3.55. The standard InChI is InChI=1S/C21H19F2NO5/c1-28-16-6-2-14(3-7-16)4-9-20(26)24-11-10-21(27)29-13-19(25)15-5-8-17(22)18(23)12-15/h2-9,12H,10-11,13H2,1H3,(H,24,26)/b9-4+. The van der Waals surface area contributed by atoms with Crippen LogP contribution in [0.25, 0.3) is 6.08 Å². The number of hydrogen-bond donors (Lipinski definition) is 1. The number of rotatable bonds is 9. The molecule has 8 heteroatoms. The highest BCUT2D eigenvalue weighted by Crippen LogP contribution is 2.12. The van der Waals surface area contributed by atoms with Crippen molar-refractivity contribution in [3.63, 3.8) is 0 Å². The molecule has 2 rings (SSSR count). The number of hydrogen-bond acceptors (Lipinski definition) is 5. The zero-order valence-corrected chi connectivity index (χ0v) is 15.6. The van der Waals surface area contributed by atoms with Crippen molar-refractivity contribution in [3.05, 3.63) is 71.3 Å². The molecule has 6 nitrogen and oxygen atoms in total. The van der Waals surface area contributed by atoms with E-state index in [2.05, 4.69) is 5.32 Å². The maximum absolute atomic E-state index is 13.1. The molecule has 0 aliphatic heterocycles. The molecule has 0 bridgehead atoms. The van der Waals surface area contributed by atoms with Crippen LogP contribution in [-0.4, -0.2) is 37.9 Å². The van der Waals surface area contributed by atoms with Gasteiger partial charge in [-0.25, -0.2) is 8.78 Å². The number of ketones is 1. The Morgan fingerprint density at radius 3 is 2.41 bits per heavy atom. The monoisotopic (exact) mass is 403 g/mol. The fourth-order valence-electron chi connectivity index (χ4n) is 2.20. The summed E-state index contributed by atoms with van der Waals surface area (Å²) in [6.07, 6.45) is 2.78. The molecule has 29 heavy (non-hydrogen) atoms. The van der Waals surface area contributed by atoms with E-state index < -0.39 is 35.9 Å². The fourth-order valence-corrected chi connectivity index (χ4v) is 2.20. The van der Waals surface area contributed by atoms with E-state index in [9.17, 15) is 23.2 Å². The van der Waals surface area contributed by atoms with Gasteiger partial charge in [0.05, 0.1) is 13.5 Å². The number of esters is 1. The summed E-state index contributed by atoms with van der Waals surface area (Å²) in [5.41, 5.74) is 0.699. The highest BCUT2D eigenvalue weighted by Gasteiger charge is 2.12. The van der Waals surface area contributed by atoms with Crippen LogP contribution in [0.1, 0.15) is 22.3 Å². The van der Waals surface area contributed by atoms with Gasteiger partial charge < -0.3 is 14.8 Å². The van der Waals surface area contributed by atoms with Crippen molar-refractivity contribution < 1.29 is 32.6 Å². The summed E-state index contributed by atoms with van der Waals surface area (Å²) >= 11 is 0. The molecule has 0 aliphatic rings. The molecule has 1 amide bonds. The van der Waals surface area contributed by atoms with Gasteiger partial charge in [0.2, 0.25) is 5.91 Å². The summed E-state index contributed by atoms with van der Waals surface area (Å²) in [5.74, 6) is -3.30. The first-order valence-electron chi connectivity index (χ1n) is 8.63. The molecule has 0 heterocycles. The van der Waals surface area contributed by atoms with E-state index in [0.717, 1.165) is 23.8 Å². The molecular weight excluding hydrogens is 384 g/mol. The Bertz CT molecular complexity index is 910. The van der Waals surface area contributed by atoms with Gasteiger partial charge in [-0.2, -0.15) is 0 Å². The molecule has 2 aromatic carbocycles. The molecule has 0 spiro atoms. The van der Waals surface area contributed by atoms with Crippen molar-refractivity contribution in [3.8, 4) is 5.75 Å². The van der Waals surface area contributed by atoms with Crippen molar-refractivity contribution in [2.45, 2.75) is 6.42 Å². The summed E-state index contributed by atoms with van der Waals surface area (Å²) in [4.78, 5) is 35.2. The van der Waals surface area contributed by atoms with Crippen LogP contribution in [0.2, 0.25) is 0 Å². The number of amides is 1. The Morgan fingerprint density at radius 1 is 1.03 bits per heavy atom. The number of halogens is 2. The average molecular weight is 403 g/mol. The first-order chi connectivity index (χ1) is 13.9. The normalized spacial score (nSPS) is 10.6. The molecule has 0 fully saturated rings. The molecule has 0 atom stereocenters. The number of methoxy groups -OCH3 is 1. The zero-order chi connectivity index (χ0) is 21.2. The van der Waals surface area contributed by atoms with Gasteiger partial charge in [0.25, 0.3) is 0 Å². The van der Waals surface area contributed by atoms with E-state index in [1.54, 1.807) is 37.5 Å². The maximum Gasteiger partial charge on any atom is 0.308 e. The number of benzene rings is 2. The van der Waals surface area contributed by atoms with Crippen LogP contribution in [0.5, 0.6) is 5.75 Å². The Balaban J connectivity index is 1.69. The van der Waals surface area contributed by atoms with Gasteiger partial charge in [-0.05, 0) is 42.0 Å². The van der Waals surface area contributed by atoms with E-state index >= 15 is 0 Å². The van der Waals surface area contributed by atoms with Gasteiger partial charge in [-0.1, -0.05) is 12.1 Å². The summed E-state index contributed by atoms with van der Waals surface area (Å²) in [7, 11) is 1.56. The second kappa shape index (κ2) is 10.7. The van der Waals surface area contributed by atoms with Crippen LogP contribution in [0.4, 0.5) is 8.78 Å². The topological polar surface area (TPSA) is 81.7 Å². The minimum atomic E-state index is -1.16. The third kappa shape index (κ3) is 7.17. The number of ether oxygens (including phenoxy) is 2. The van der Waals surface area contributed by atoms with Crippen LogP contribution < -0.4 is 10.1 Å². The Kier molecular flexibility index (Phi) is 8.02. The summed E-state index contributed by atoms with van der Waals surface area (Å²) < 4.78 is 35.8. The second-order valence-electron chi connectivity index (χ2n) is 5.86. The lowest BCUT2D eigenvalue weighted by molar-refractivity contribution is -0.142. The van der Waals surface area contributed by atoms with Crippen LogP contribution in [0.15, 0.2) is 48.5 Å². The number of carbonyl (C=O) groups excluding carboxylic acids is 3. The number of nitrogens with one attached hydrogen (secondary N) is 1. The molecule has 2 aromatic rings. The van der Waals surface area contributed by atoms with Crippen molar-refractivity contribution >= 4 is 23.7 Å². The number of Topliss-reactive ketones (excluding diaryl/α,β-unsaturated/α-hetero) is 1. The first-order valence-corrected chi connectivity index (χ1v) is 8.63. The molecule has 0 unspecified atom stereocenters. The fraction of sp³-hybridized carbons (Fsp3) is 0.190. The van der Waals surface area contributed by atoms with Gasteiger partial charge in [-0.15, -0.1) is 0 Å². The predicted molar refractivity (Wildman–Crippen MR) is 101 cm³/mol. The van der Waals surface area contributed by atoms with Gasteiger partial charge >= 0.3 is 5.97 Å². The van der Waals surface area contributed by atoms with Crippen molar-refractivity contribution in [2.75, 3.05) is 20.3 Å². The summed E-state index contributed by atoms with van der Waals surface area (Å²) in [6.45, 7) is -0.584. The van der Waals surface area contributed by atoms with Gasteiger partial charge in [0, 0.05) is 18.2 Å². The highest BCUT2D eigenvalue weighted by atomic mass is 19.2. The molecular formula is C21H19F2NO5. The van der Waals surface area contributed by atoms with E-state index in [-0.39, 0.29) is 18.5 Å². The zero-order valence-electron chi connectivity index (χ0n) is 15.6. The lowest BCUT2D eigenvalue weighted by atomic mass is 10.1. The number of carbonyl (C=O) groups is 3. The maximum atomic E-state index is 13.1. The second-order valence-corrected chi connectivity index (χ2v) is 5.86. The van der Waals surface area contributed by atoms with Gasteiger partial charge in [0.1, 0.15) is 5.75 Å². The van der Waals surface area contributed by atoms with Gasteiger partial charge in [0.15, 0.2) is 24.0 Å². The third-order valence-corrected chi connectivity index (χ3v) is 3.78. The van der Waals surface area contributed by atoms with Crippen LogP contribution >= 0.6 is 0 Å². The Labute approximate surface area is 166 Å². The van der Waals surface area contributed by atoms with E-state index in [1.165, 1.54) is 6.08 Å². The van der Waals surface area contributed by atoms with Crippen LogP contribution in [-0.2, 0) is 14.3 Å². The smallest absolute Gasteiger partial charge is 0.308 e. The quantitative estimate of drug-likeness (QED) is 0.396. The predicted octanol–water partition coefficient (Wildman–Crippen LogP) is 2.92. The van der Waals surface area contributed by atoms with Gasteiger partial charge in [-0.3, -0.25) is 14.4 Å². The first kappa shape index (κ1) is 21.7. The largest absolute Gasteiger partial charge is 0.497 e. The Morgan fingerprint density at radius 2 is 1.76 bits per heavy atom. The average Bonchev–Trinajstić information content (AvgIpc) is 2.72. The molecule has 0 radical (unpaired) electrons. The lowest BCUT2D eigenvalue weighted by Gasteiger charge is -2.05. The molecule has 0 aromatic heterocycles. The minimum Gasteiger partial charge on any atom is -0.497 e. The highest BCUT2D eigenvalue weighted by molar-refractivity contribution is 5.98. The molecule has 0 saturated heterocycles. The van der Waals surface area contributed by atoms with E-state index in [1.807, 2.05) is 0 Å². The van der Waals surface area contributed by atoms with Crippen LogP contribution in [0.3, 0.4) is 0 Å². The molecule has 0 aliphatic carbocycles. The van der Waals surface area contributed by atoms with Crippen molar-refractivity contribution in [2.24, 2.45) is 0 Å². The lowest BCUT2D eigenvalue weighted by Crippen LogP contribution is -2.25. The summed E-state index contributed by atoms with van der Waals surface area (Å²) in [5, 5.41) is 2.51. The molecule has 1 N–H and O–H groups in total. The van der Waals surface area contributed by atoms with Crippen LogP contribution in [0, 0.1) is 11.6 Å². The van der Waals surface area contributed by atoms with E-state index in [4.69, 9.17) is 9.47 Å². The molecule has 0 saturated carbocycles. The van der Waals surface area contributed by atoms with Crippen molar-refractivity contribution in [1.29, 1.82) is 0 Å². The SMILES string of the molecule is COc1ccc(/C=C/C(=O)NCCC(=O)OCC(=O)c2ccc(F)c(F)c2)cc1. The van der Waals surface area contributed by atoms with E-state index in [0.29, 0.717) is 5.75 Å².